The molecule has 0 aromatic heterocycles. The van der Waals surface area contributed by atoms with E-state index in [9.17, 15) is 0 Å². The molecule has 0 unspecified atom stereocenters. The molecule has 0 N–H and O–H groups in total. The third-order valence-electron chi connectivity index (χ3n) is 3.88. The molecule has 0 aliphatic carbocycles. The quantitative estimate of drug-likeness (QED) is 0.593. The Hall–Kier alpha value is -3.14. The van der Waals surface area contributed by atoms with Crippen molar-refractivity contribution in [2.24, 2.45) is 0 Å². The molecule has 0 fully saturated rings. The monoisotopic (exact) mass is 349 g/mol. The first-order valence-electron chi connectivity index (χ1n) is 8.30. The van der Waals surface area contributed by atoms with Crippen molar-refractivity contribution in [3.8, 4) is 23.0 Å². The lowest BCUT2D eigenvalue weighted by Crippen LogP contribution is -2.00. The van der Waals surface area contributed by atoms with Gasteiger partial charge in [-0.25, -0.2) is 0 Å². The summed E-state index contributed by atoms with van der Waals surface area (Å²) >= 11 is 0. The summed E-state index contributed by atoms with van der Waals surface area (Å²) in [5.41, 5.74) is 2.10. The van der Waals surface area contributed by atoms with Crippen molar-refractivity contribution >= 4 is 0 Å². The predicted octanol–water partition coefficient (Wildman–Crippen LogP) is 4.66. The number of methoxy groups -OCH3 is 2. The Morgan fingerprint density at radius 3 is 1.77 bits per heavy atom. The van der Waals surface area contributed by atoms with Crippen LogP contribution in [0.2, 0.25) is 0 Å². The van der Waals surface area contributed by atoms with Crippen molar-refractivity contribution in [1.82, 2.24) is 0 Å². The largest absolute Gasteiger partial charge is 0.497 e. The summed E-state index contributed by atoms with van der Waals surface area (Å²) in [4.78, 5) is 0. The highest BCUT2D eigenvalue weighted by Crippen LogP contribution is 2.28. The molecular weight excluding hydrogens is 328 g/mol. The normalized spacial score (nSPS) is 10.2. The maximum absolute atomic E-state index is 5.90. The van der Waals surface area contributed by atoms with E-state index in [-0.39, 0.29) is 0 Å². The summed E-state index contributed by atoms with van der Waals surface area (Å²) in [6, 6.07) is 24.2. The highest BCUT2D eigenvalue weighted by Gasteiger charge is 2.06. The van der Waals surface area contributed by atoms with Crippen LogP contribution in [0.1, 0.15) is 11.1 Å². The number of para-hydroxylation sites is 1. The molecule has 0 spiro atoms. The first-order valence-corrected chi connectivity index (χ1v) is 8.30. The van der Waals surface area contributed by atoms with Crippen LogP contribution in [0.4, 0.5) is 0 Å². The molecule has 3 rings (SSSR count). The fraction of sp³-hybridized carbons (Fsp3) is 0.182. The van der Waals surface area contributed by atoms with E-state index >= 15 is 0 Å². The van der Waals surface area contributed by atoms with Crippen LogP contribution in [-0.2, 0) is 13.2 Å². The highest BCUT2D eigenvalue weighted by molar-refractivity contribution is 5.39. The SMILES string of the molecule is COc1ccc(COc2[c]cccc2OCc2ccc(OC)cc2)cc1. The molecule has 3 aromatic rings. The van der Waals surface area contributed by atoms with Crippen LogP contribution >= 0.6 is 0 Å². The Labute approximate surface area is 153 Å². The van der Waals surface area contributed by atoms with Crippen LogP contribution in [0.15, 0.2) is 66.7 Å². The molecule has 0 aliphatic heterocycles. The Balaban J connectivity index is 1.61. The lowest BCUT2D eigenvalue weighted by molar-refractivity contribution is 0.255. The van der Waals surface area contributed by atoms with Gasteiger partial charge in [0.2, 0.25) is 0 Å². The highest BCUT2D eigenvalue weighted by atomic mass is 16.5. The number of benzene rings is 3. The summed E-state index contributed by atoms with van der Waals surface area (Å²) in [7, 11) is 3.30. The van der Waals surface area contributed by atoms with Gasteiger partial charge in [-0.2, -0.15) is 0 Å². The van der Waals surface area contributed by atoms with Crippen molar-refractivity contribution in [2.45, 2.75) is 13.2 Å². The summed E-state index contributed by atoms with van der Waals surface area (Å²) in [5, 5.41) is 0. The first-order chi connectivity index (χ1) is 12.8. The molecule has 0 bridgehead atoms. The number of ether oxygens (including phenoxy) is 4. The molecule has 0 saturated carbocycles. The molecule has 0 amide bonds. The van der Waals surface area contributed by atoms with Gasteiger partial charge in [0.05, 0.1) is 14.2 Å². The zero-order valence-corrected chi connectivity index (χ0v) is 14.9. The van der Waals surface area contributed by atoms with Crippen LogP contribution in [0.25, 0.3) is 0 Å². The van der Waals surface area contributed by atoms with E-state index in [1.807, 2.05) is 66.7 Å². The maximum atomic E-state index is 5.90. The van der Waals surface area contributed by atoms with E-state index in [0.29, 0.717) is 24.7 Å². The number of hydrogen-bond acceptors (Lipinski definition) is 4. The van der Waals surface area contributed by atoms with Crippen LogP contribution in [0.5, 0.6) is 23.0 Å². The van der Waals surface area contributed by atoms with Crippen LogP contribution < -0.4 is 18.9 Å². The van der Waals surface area contributed by atoms with Gasteiger partial charge >= 0.3 is 0 Å². The second-order valence-electron chi connectivity index (χ2n) is 5.64. The lowest BCUT2D eigenvalue weighted by Gasteiger charge is -2.13. The Morgan fingerprint density at radius 2 is 1.23 bits per heavy atom. The van der Waals surface area contributed by atoms with Gasteiger partial charge in [0.15, 0.2) is 11.5 Å². The molecule has 3 aromatic carbocycles. The van der Waals surface area contributed by atoms with E-state index in [1.54, 1.807) is 14.2 Å². The molecule has 0 saturated heterocycles. The molecule has 0 atom stereocenters. The Kier molecular flexibility index (Phi) is 5.99. The van der Waals surface area contributed by atoms with Crippen LogP contribution in [0.3, 0.4) is 0 Å². The fourth-order valence-electron chi connectivity index (χ4n) is 2.39. The second kappa shape index (κ2) is 8.81. The summed E-state index contributed by atoms with van der Waals surface area (Å²) in [6.07, 6.45) is 0. The van der Waals surface area contributed by atoms with E-state index in [0.717, 1.165) is 22.6 Å². The van der Waals surface area contributed by atoms with Crippen LogP contribution in [-0.4, -0.2) is 14.2 Å². The van der Waals surface area contributed by atoms with Crippen molar-refractivity contribution < 1.29 is 18.9 Å². The lowest BCUT2D eigenvalue weighted by atomic mass is 10.2. The number of hydrogen-bond donors (Lipinski definition) is 0. The summed E-state index contributed by atoms with van der Waals surface area (Å²) < 4.78 is 22.1. The van der Waals surface area contributed by atoms with Gasteiger partial charge in [-0.1, -0.05) is 36.4 Å². The van der Waals surface area contributed by atoms with Gasteiger partial charge in [-0.15, -0.1) is 0 Å². The standard InChI is InChI=1S/C22H21O4/c1-23-19-11-7-17(8-12-19)15-25-21-5-3-4-6-22(21)26-16-18-9-13-20(24-2)14-10-18/h3-5,7-14H,15-16H2,1-2H3. The van der Waals surface area contributed by atoms with Gasteiger partial charge in [0.25, 0.3) is 0 Å². The smallest absolute Gasteiger partial charge is 0.169 e. The van der Waals surface area contributed by atoms with E-state index in [2.05, 4.69) is 6.07 Å². The maximum Gasteiger partial charge on any atom is 0.169 e. The van der Waals surface area contributed by atoms with E-state index in [1.165, 1.54) is 0 Å². The number of rotatable bonds is 8. The third-order valence-corrected chi connectivity index (χ3v) is 3.88. The minimum absolute atomic E-state index is 0.434. The van der Waals surface area contributed by atoms with Crippen molar-refractivity contribution in [3.63, 3.8) is 0 Å². The topological polar surface area (TPSA) is 36.9 Å². The second-order valence-corrected chi connectivity index (χ2v) is 5.64. The zero-order chi connectivity index (χ0) is 18.2. The minimum atomic E-state index is 0.434. The summed E-state index contributed by atoms with van der Waals surface area (Å²) in [6.45, 7) is 0.879. The van der Waals surface area contributed by atoms with Gasteiger partial charge in [0.1, 0.15) is 24.7 Å². The van der Waals surface area contributed by atoms with Gasteiger partial charge in [0, 0.05) is 6.07 Å². The fourth-order valence-corrected chi connectivity index (χ4v) is 2.39. The van der Waals surface area contributed by atoms with E-state index < -0.39 is 0 Å². The Bertz CT molecular complexity index is 740. The van der Waals surface area contributed by atoms with Gasteiger partial charge in [-0.3, -0.25) is 0 Å². The van der Waals surface area contributed by atoms with Crippen molar-refractivity contribution in [2.75, 3.05) is 14.2 Å². The van der Waals surface area contributed by atoms with E-state index in [4.69, 9.17) is 18.9 Å². The van der Waals surface area contributed by atoms with Gasteiger partial charge < -0.3 is 18.9 Å². The molecule has 0 heterocycles. The minimum Gasteiger partial charge on any atom is -0.497 e. The molecular formula is C22H21O4. The average Bonchev–Trinajstić information content (AvgIpc) is 2.72. The molecule has 0 aliphatic rings. The van der Waals surface area contributed by atoms with Crippen LogP contribution in [0, 0.1) is 6.07 Å². The summed E-state index contributed by atoms with van der Waals surface area (Å²) in [5.74, 6) is 2.91. The molecule has 133 valence electrons. The molecule has 1 radical (unpaired) electrons. The average molecular weight is 349 g/mol. The molecule has 26 heavy (non-hydrogen) atoms. The molecule has 4 heteroatoms. The first kappa shape index (κ1) is 17.7. The van der Waals surface area contributed by atoms with Gasteiger partial charge in [-0.05, 0) is 41.5 Å². The van der Waals surface area contributed by atoms with Crippen molar-refractivity contribution in [1.29, 1.82) is 0 Å². The van der Waals surface area contributed by atoms with Crippen molar-refractivity contribution in [3.05, 3.63) is 83.9 Å². The predicted molar refractivity (Wildman–Crippen MR) is 99.9 cm³/mol. The third kappa shape index (κ3) is 4.70. The molecule has 4 nitrogen and oxygen atoms in total. The Morgan fingerprint density at radius 1 is 0.692 bits per heavy atom. The zero-order valence-electron chi connectivity index (χ0n) is 14.9.